The SMILES string of the molecule is NC(C(=O)Nc1cncc(F)c1CC[C@H]1CN[C@@H]2CCCS(=O)(=O)N1C2)C(c1ccc(Cl)cc1)C1CCOCC1. The van der Waals surface area contributed by atoms with Gasteiger partial charge in [0.05, 0.1) is 29.9 Å². The summed E-state index contributed by atoms with van der Waals surface area (Å²) >= 11 is 6.11. The lowest BCUT2D eigenvalue weighted by Gasteiger charge is -2.37. The van der Waals surface area contributed by atoms with E-state index in [-0.39, 0.29) is 41.8 Å². The fraction of sp³-hybridized carbons (Fsp3) is 0.571. The van der Waals surface area contributed by atoms with Crippen molar-refractivity contribution in [3.63, 3.8) is 0 Å². The number of carbonyl (C=O) groups is 1. The predicted octanol–water partition coefficient (Wildman–Crippen LogP) is 3.05. The molecule has 3 fully saturated rings. The van der Waals surface area contributed by atoms with E-state index >= 15 is 4.39 Å². The Balaban J connectivity index is 1.32. The van der Waals surface area contributed by atoms with Crippen molar-refractivity contribution in [2.45, 2.75) is 62.6 Å². The Morgan fingerprint density at radius 3 is 2.73 bits per heavy atom. The first kappa shape index (κ1) is 29.3. The van der Waals surface area contributed by atoms with Gasteiger partial charge in [-0.1, -0.05) is 23.7 Å². The number of nitrogens with one attached hydrogen (secondary N) is 2. The molecule has 3 aliphatic heterocycles. The van der Waals surface area contributed by atoms with E-state index in [4.69, 9.17) is 22.1 Å². The summed E-state index contributed by atoms with van der Waals surface area (Å²) in [4.78, 5) is 17.5. The number of ether oxygens (including phenoxy) is 1. The van der Waals surface area contributed by atoms with Crippen molar-refractivity contribution in [3.05, 3.63) is 58.6 Å². The molecule has 1 aromatic heterocycles. The monoisotopic (exact) mass is 593 g/mol. The van der Waals surface area contributed by atoms with Gasteiger partial charge in [-0.2, -0.15) is 4.31 Å². The van der Waals surface area contributed by atoms with Gasteiger partial charge >= 0.3 is 0 Å². The van der Waals surface area contributed by atoms with E-state index in [1.807, 2.05) is 12.1 Å². The minimum Gasteiger partial charge on any atom is -0.381 e. The lowest BCUT2D eigenvalue weighted by molar-refractivity contribution is -0.118. The summed E-state index contributed by atoms with van der Waals surface area (Å²) in [6, 6.07) is 6.31. The number of benzene rings is 1. The van der Waals surface area contributed by atoms with E-state index < -0.39 is 27.8 Å². The molecule has 2 bridgehead atoms. The second kappa shape index (κ2) is 12.8. The molecule has 40 heavy (non-hydrogen) atoms. The van der Waals surface area contributed by atoms with Crippen LogP contribution in [0.3, 0.4) is 0 Å². The van der Waals surface area contributed by atoms with Crippen molar-refractivity contribution >= 4 is 33.2 Å². The number of halogens is 2. The van der Waals surface area contributed by atoms with Crippen molar-refractivity contribution in [1.82, 2.24) is 14.6 Å². The molecule has 3 aliphatic rings. The number of nitrogens with two attached hydrogens (primary N) is 1. The number of piperazine rings is 1. The number of carbonyl (C=O) groups excluding carboxylic acids is 1. The highest BCUT2D eigenvalue weighted by Gasteiger charge is 2.38. The normalized spacial score (nSPS) is 26.4. The summed E-state index contributed by atoms with van der Waals surface area (Å²) in [6.07, 6.45) is 6.18. The lowest BCUT2D eigenvalue weighted by Crippen LogP contribution is -2.57. The second-order valence-corrected chi connectivity index (χ2v) is 13.5. The molecule has 9 nitrogen and oxygen atoms in total. The Morgan fingerprint density at radius 1 is 1.23 bits per heavy atom. The highest BCUT2D eigenvalue weighted by Crippen LogP contribution is 2.35. The Kier molecular flexibility index (Phi) is 9.38. The highest BCUT2D eigenvalue weighted by molar-refractivity contribution is 7.89. The van der Waals surface area contributed by atoms with Crippen LogP contribution in [0.1, 0.15) is 49.1 Å². The van der Waals surface area contributed by atoms with Crippen molar-refractivity contribution in [1.29, 1.82) is 0 Å². The molecule has 12 heteroatoms. The number of hydrogen-bond acceptors (Lipinski definition) is 7. The van der Waals surface area contributed by atoms with Crippen LogP contribution in [-0.2, 0) is 26.0 Å². The molecule has 1 aromatic carbocycles. The molecule has 5 atom stereocenters. The molecule has 1 amide bonds. The molecular weight excluding hydrogens is 557 g/mol. The quantitative estimate of drug-likeness (QED) is 0.429. The van der Waals surface area contributed by atoms with Crippen LogP contribution in [-0.4, -0.2) is 73.8 Å². The first-order valence-electron chi connectivity index (χ1n) is 14.0. The highest BCUT2D eigenvalue weighted by atomic mass is 35.5. The topological polar surface area (TPSA) is 127 Å². The van der Waals surface area contributed by atoms with Crippen molar-refractivity contribution in [3.8, 4) is 0 Å². The van der Waals surface area contributed by atoms with Crippen LogP contribution < -0.4 is 16.4 Å². The Morgan fingerprint density at radius 2 is 1.98 bits per heavy atom. The maximum absolute atomic E-state index is 15.1. The minimum atomic E-state index is -3.36. The van der Waals surface area contributed by atoms with Crippen LogP contribution in [0.15, 0.2) is 36.7 Å². The molecule has 0 spiro atoms. The van der Waals surface area contributed by atoms with Crippen LogP contribution in [0, 0.1) is 11.7 Å². The van der Waals surface area contributed by atoms with Gasteiger partial charge in [-0.05, 0) is 62.1 Å². The number of amides is 1. The van der Waals surface area contributed by atoms with Crippen molar-refractivity contribution < 1.29 is 22.3 Å². The molecule has 0 aliphatic carbocycles. The third-order valence-electron chi connectivity index (χ3n) is 8.47. The molecule has 5 rings (SSSR count). The zero-order valence-electron chi connectivity index (χ0n) is 22.4. The Labute approximate surface area is 240 Å². The average Bonchev–Trinajstić information content (AvgIpc) is 3.06. The van der Waals surface area contributed by atoms with Gasteiger partial charge in [0.15, 0.2) is 0 Å². The van der Waals surface area contributed by atoms with Crippen LogP contribution in [0.5, 0.6) is 0 Å². The number of aromatic nitrogens is 1. The average molecular weight is 594 g/mol. The molecule has 3 saturated heterocycles. The number of sulfonamides is 1. The van der Waals surface area contributed by atoms with Crippen LogP contribution in [0.25, 0.3) is 0 Å². The van der Waals surface area contributed by atoms with E-state index in [0.29, 0.717) is 49.7 Å². The van der Waals surface area contributed by atoms with E-state index in [9.17, 15) is 13.2 Å². The molecule has 0 radical (unpaired) electrons. The van der Waals surface area contributed by atoms with Crippen molar-refractivity contribution in [2.75, 3.05) is 37.4 Å². The van der Waals surface area contributed by atoms with E-state index in [2.05, 4.69) is 15.6 Å². The summed E-state index contributed by atoms with van der Waals surface area (Å²) in [5.41, 5.74) is 8.07. The number of rotatable bonds is 8. The first-order chi connectivity index (χ1) is 19.2. The van der Waals surface area contributed by atoms with Gasteiger partial charge in [-0.15, -0.1) is 0 Å². The Hall–Kier alpha value is -2.15. The third-order valence-corrected chi connectivity index (χ3v) is 10.7. The predicted molar refractivity (Wildman–Crippen MR) is 152 cm³/mol. The van der Waals surface area contributed by atoms with Gasteiger partial charge in [-0.25, -0.2) is 12.8 Å². The van der Waals surface area contributed by atoms with Gasteiger partial charge < -0.3 is 21.1 Å². The summed E-state index contributed by atoms with van der Waals surface area (Å²) < 4.78 is 47.9. The van der Waals surface area contributed by atoms with Gasteiger partial charge in [0.1, 0.15) is 5.82 Å². The zero-order chi connectivity index (χ0) is 28.3. The maximum Gasteiger partial charge on any atom is 0.241 e. The van der Waals surface area contributed by atoms with Gasteiger partial charge in [-0.3, -0.25) is 9.78 Å². The number of anilines is 1. The van der Waals surface area contributed by atoms with Crippen molar-refractivity contribution in [2.24, 2.45) is 11.7 Å². The fourth-order valence-corrected chi connectivity index (χ4v) is 8.22. The summed E-state index contributed by atoms with van der Waals surface area (Å²) in [5, 5.41) is 6.87. The van der Waals surface area contributed by atoms with Gasteiger partial charge in [0.25, 0.3) is 0 Å². The van der Waals surface area contributed by atoms with E-state index in [0.717, 1.165) is 31.0 Å². The molecule has 218 valence electrons. The van der Waals surface area contributed by atoms with Gasteiger partial charge in [0, 0.05) is 54.9 Å². The lowest BCUT2D eigenvalue weighted by atomic mass is 9.76. The third kappa shape index (κ3) is 6.66. The molecular formula is C28H37ClFN5O4S. The molecule has 0 saturated carbocycles. The molecule has 4 heterocycles. The molecule has 3 unspecified atom stereocenters. The minimum absolute atomic E-state index is 0.131. The van der Waals surface area contributed by atoms with E-state index in [1.54, 1.807) is 16.4 Å². The van der Waals surface area contributed by atoms with Gasteiger partial charge in [0.2, 0.25) is 15.9 Å². The second-order valence-electron chi connectivity index (χ2n) is 11.0. The first-order valence-corrected chi connectivity index (χ1v) is 16.0. The smallest absolute Gasteiger partial charge is 0.241 e. The van der Waals surface area contributed by atoms with E-state index in [1.165, 1.54) is 6.20 Å². The largest absolute Gasteiger partial charge is 0.381 e. The van der Waals surface area contributed by atoms with Crippen LogP contribution >= 0.6 is 11.6 Å². The number of hydrogen-bond donors (Lipinski definition) is 3. The Bertz CT molecular complexity index is 1290. The number of pyridine rings is 1. The molecule has 4 N–H and O–H groups in total. The maximum atomic E-state index is 15.1. The number of nitrogens with zero attached hydrogens (tertiary/aromatic N) is 2. The number of fused-ring (bicyclic) bond motifs is 2. The zero-order valence-corrected chi connectivity index (χ0v) is 24.0. The molecule has 2 aromatic rings. The standard InChI is InChI=1S/C28H37ClFN5O4S/c29-20-5-3-18(4-6-20)26(19-9-11-39-12-10-19)27(31)28(36)34-25-16-32-15-24(30)23(25)8-7-22-14-33-21-2-1-13-40(37,38)35(22)17-21/h3-6,15-16,19,21-22,26-27,33H,1-2,7-14,17,31H2,(H,34,36)/t21-,22+,26?,27?/m1/s1. The summed E-state index contributed by atoms with van der Waals surface area (Å²) in [7, 11) is -3.36. The fourth-order valence-electron chi connectivity index (χ4n) is 6.29. The van der Waals surface area contributed by atoms with Crippen LogP contribution in [0.2, 0.25) is 5.02 Å². The summed E-state index contributed by atoms with van der Waals surface area (Å²) in [5.74, 6) is -0.991. The summed E-state index contributed by atoms with van der Waals surface area (Å²) in [6.45, 7) is 2.15. The van der Waals surface area contributed by atoms with Crippen LogP contribution in [0.4, 0.5) is 10.1 Å².